The second-order valence-corrected chi connectivity index (χ2v) is 7.93. The summed E-state index contributed by atoms with van der Waals surface area (Å²) in [4.78, 5) is 12.4. The van der Waals surface area contributed by atoms with Crippen LogP contribution in [-0.2, 0) is 14.8 Å². The molecule has 0 unspecified atom stereocenters. The van der Waals surface area contributed by atoms with Crippen molar-refractivity contribution in [3.8, 4) is 11.5 Å². The Morgan fingerprint density at radius 2 is 1.71 bits per heavy atom. The van der Waals surface area contributed by atoms with Crippen LogP contribution >= 0.6 is 0 Å². The molecule has 2 rings (SSSR count). The van der Waals surface area contributed by atoms with E-state index in [1.807, 2.05) is 6.92 Å². The van der Waals surface area contributed by atoms with Gasteiger partial charge in [-0.25, -0.2) is 8.42 Å². The van der Waals surface area contributed by atoms with Crippen LogP contribution in [0.25, 0.3) is 0 Å². The summed E-state index contributed by atoms with van der Waals surface area (Å²) in [7, 11) is -1.09. The zero-order chi connectivity index (χ0) is 20.6. The first kappa shape index (κ1) is 21.6. The van der Waals surface area contributed by atoms with Gasteiger partial charge in [0.1, 0.15) is 6.54 Å². The first-order valence-corrected chi connectivity index (χ1v) is 10.4. The Hall–Kier alpha value is -2.74. The number of rotatable bonds is 10. The molecule has 0 spiro atoms. The highest BCUT2D eigenvalue weighted by Gasteiger charge is 2.28. The Balaban J connectivity index is 2.40. The average molecular weight is 407 g/mol. The largest absolute Gasteiger partial charge is 0.493 e. The van der Waals surface area contributed by atoms with Crippen LogP contribution in [0, 0.1) is 0 Å². The third kappa shape index (κ3) is 5.16. The molecule has 0 saturated carbocycles. The lowest BCUT2D eigenvalue weighted by Crippen LogP contribution is -2.41. The van der Waals surface area contributed by atoms with E-state index in [1.165, 1.54) is 32.4 Å². The Morgan fingerprint density at radius 1 is 1.04 bits per heavy atom. The van der Waals surface area contributed by atoms with E-state index in [2.05, 4.69) is 5.32 Å². The molecule has 0 heterocycles. The van der Waals surface area contributed by atoms with Crippen molar-refractivity contribution in [2.24, 2.45) is 0 Å². The minimum atomic E-state index is -4.00. The Morgan fingerprint density at radius 3 is 2.32 bits per heavy atom. The quantitative estimate of drug-likeness (QED) is 0.613. The third-order valence-electron chi connectivity index (χ3n) is 4.13. The van der Waals surface area contributed by atoms with E-state index in [0.717, 1.165) is 17.1 Å². The molecule has 0 bridgehead atoms. The number of nitrogens with zero attached hydrogens (tertiary/aromatic N) is 1. The van der Waals surface area contributed by atoms with Crippen molar-refractivity contribution in [3.05, 3.63) is 48.5 Å². The molecular formula is C20H26N2O5S. The highest BCUT2D eigenvalue weighted by Crippen LogP contribution is 2.32. The number of hydrogen-bond acceptors (Lipinski definition) is 5. The van der Waals surface area contributed by atoms with E-state index < -0.39 is 10.0 Å². The molecule has 2 aromatic rings. The second kappa shape index (κ2) is 9.98. The Kier molecular flexibility index (Phi) is 7.69. The maximum absolute atomic E-state index is 13.3. The van der Waals surface area contributed by atoms with Gasteiger partial charge in [0.2, 0.25) is 5.91 Å². The number of benzene rings is 2. The summed E-state index contributed by atoms with van der Waals surface area (Å²) in [5.41, 5.74) is 0.405. The van der Waals surface area contributed by atoms with E-state index in [9.17, 15) is 13.2 Å². The first-order valence-electron chi connectivity index (χ1n) is 9.00. The Bertz CT molecular complexity index is 885. The van der Waals surface area contributed by atoms with Crippen LogP contribution in [0.5, 0.6) is 11.5 Å². The summed E-state index contributed by atoms with van der Waals surface area (Å²) in [5.74, 6) is 0.357. The van der Waals surface area contributed by atoms with Crippen molar-refractivity contribution in [2.75, 3.05) is 31.6 Å². The predicted octanol–water partition coefficient (Wildman–Crippen LogP) is 2.82. The smallest absolute Gasteiger partial charge is 0.264 e. The molecule has 28 heavy (non-hydrogen) atoms. The number of methoxy groups -OCH3 is 2. The van der Waals surface area contributed by atoms with Gasteiger partial charge in [-0.05, 0) is 30.7 Å². The normalized spacial score (nSPS) is 11.0. The second-order valence-electron chi connectivity index (χ2n) is 6.07. The molecule has 8 heteroatoms. The molecule has 0 saturated heterocycles. The fraction of sp³-hybridized carbons (Fsp3) is 0.350. The summed E-state index contributed by atoms with van der Waals surface area (Å²) in [6.45, 7) is 2.21. The van der Waals surface area contributed by atoms with Gasteiger partial charge in [0.05, 0.1) is 24.8 Å². The number of amides is 1. The lowest BCUT2D eigenvalue weighted by Gasteiger charge is -2.24. The molecule has 0 radical (unpaired) electrons. The molecular weight excluding hydrogens is 380 g/mol. The van der Waals surface area contributed by atoms with Crippen LogP contribution in [0.15, 0.2) is 53.4 Å². The maximum Gasteiger partial charge on any atom is 0.264 e. The molecule has 0 aliphatic carbocycles. The van der Waals surface area contributed by atoms with Crippen LogP contribution in [0.3, 0.4) is 0 Å². The van der Waals surface area contributed by atoms with Gasteiger partial charge in [0.25, 0.3) is 10.0 Å². The lowest BCUT2D eigenvalue weighted by molar-refractivity contribution is -0.119. The summed E-state index contributed by atoms with van der Waals surface area (Å²) in [5, 5.41) is 2.76. The van der Waals surface area contributed by atoms with Gasteiger partial charge in [0, 0.05) is 12.6 Å². The zero-order valence-electron chi connectivity index (χ0n) is 16.3. The number of para-hydroxylation sites is 1. The van der Waals surface area contributed by atoms with Crippen molar-refractivity contribution in [1.82, 2.24) is 5.32 Å². The first-order chi connectivity index (χ1) is 13.4. The van der Waals surface area contributed by atoms with E-state index in [0.29, 0.717) is 23.7 Å². The van der Waals surface area contributed by atoms with Crippen LogP contribution in [0.2, 0.25) is 0 Å². The summed E-state index contributed by atoms with van der Waals surface area (Å²) >= 11 is 0. The van der Waals surface area contributed by atoms with Gasteiger partial charge in [0.15, 0.2) is 11.5 Å². The number of carbonyl (C=O) groups excluding carboxylic acids is 1. The molecule has 2 aromatic carbocycles. The average Bonchev–Trinajstić information content (AvgIpc) is 2.72. The number of nitrogens with one attached hydrogen (secondary N) is 1. The van der Waals surface area contributed by atoms with Crippen molar-refractivity contribution in [1.29, 1.82) is 0 Å². The van der Waals surface area contributed by atoms with Crippen molar-refractivity contribution in [2.45, 2.75) is 24.7 Å². The highest BCUT2D eigenvalue weighted by molar-refractivity contribution is 7.92. The van der Waals surface area contributed by atoms with E-state index in [1.54, 1.807) is 30.3 Å². The number of carbonyl (C=O) groups is 1. The Labute approximate surface area is 166 Å². The minimum Gasteiger partial charge on any atom is -0.493 e. The van der Waals surface area contributed by atoms with Crippen LogP contribution in [0.4, 0.5) is 5.69 Å². The van der Waals surface area contributed by atoms with E-state index >= 15 is 0 Å². The number of hydrogen-bond donors (Lipinski definition) is 1. The molecule has 0 aromatic heterocycles. The molecule has 7 nitrogen and oxygen atoms in total. The molecule has 0 aliphatic rings. The van der Waals surface area contributed by atoms with Crippen LogP contribution < -0.4 is 19.1 Å². The van der Waals surface area contributed by atoms with Crippen molar-refractivity contribution < 1.29 is 22.7 Å². The lowest BCUT2D eigenvalue weighted by atomic mass is 10.3. The van der Waals surface area contributed by atoms with Gasteiger partial charge in [-0.2, -0.15) is 0 Å². The third-order valence-corrected chi connectivity index (χ3v) is 5.90. The number of anilines is 1. The van der Waals surface area contributed by atoms with E-state index in [-0.39, 0.29) is 17.3 Å². The molecule has 1 amide bonds. The molecule has 0 atom stereocenters. The zero-order valence-corrected chi connectivity index (χ0v) is 17.2. The van der Waals surface area contributed by atoms with Crippen molar-refractivity contribution in [3.63, 3.8) is 0 Å². The van der Waals surface area contributed by atoms with Crippen LogP contribution in [-0.4, -0.2) is 41.6 Å². The monoisotopic (exact) mass is 406 g/mol. The summed E-state index contributed by atoms with van der Waals surface area (Å²) in [6, 6.07) is 12.9. The minimum absolute atomic E-state index is 0.00959. The number of ether oxygens (including phenoxy) is 2. The van der Waals surface area contributed by atoms with Gasteiger partial charge in [-0.15, -0.1) is 0 Å². The van der Waals surface area contributed by atoms with Gasteiger partial charge in [-0.1, -0.05) is 31.5 Å². The predicted molar refractivity (Wildman–Crippen MR) is 108 cm³/mol. The maximum atomic E-state index is 13.3. The van der Waals surface area contributed by atoms with Crippen LogP contribution in [0.1, 0.15) is 19.8 Å². The topological polar surface area (TPSA) is 84.9 Å². The van der Waals surface area contributed by atoms with Crippen molar-refractivity contribution >= 4 is 21.6 Å². The number of unbranched alkanes of at least 4 members (excludes halogenated alkanes) is 1. The fourth-order valence-corrected chi connectivity index (χ4v) is 4.04. The van der Waals surface area contributed by atoms with Gasteiger partial charge >= 0.3 is 0 Å². The van der Waals surface area contributed by atoms with E-state index in [4.69, 9.17) is 9.47 Å². The fourth-order valence-electron chi connectivity index (χ4n) is 2.60. The number of sulfonamides is 1. The summed E-state index contributed by atoms with van der Waals surface area (Å²) < 4.78 is 38.1. The summed E-state index contributed by atoms with van der Waals surface area (Å²) in [6.07, 6.45) is 1.77. The van der Waals surface area contributed by atoms with Gasteiger partial charge < -0.3 is 14.8 Å². The molecule has 1 N–H and O–H groups in total. The highest BCUT2D eigenvalue weighted by atomic mass is 32.2. The standard InChI is InChI=1S/C20H26N2O5S/c1-4-5-13-21-20(23)15-22(16-9-7-6-8-10-16)28(24,25)17-11-12-18(26-2)19(14-17)27-3/h6-12,14H,4-5,13,15H2,1-3H3,(H,21,23). The molecule has 0 aliphatic heterocycles. The van der Waals surface area contributed by atoms with Gasteiger partial charge in [-0.3, -0.25) is 9.10 Å². The molecule has 0 fully saturated rings. The molecule has 152 valence electrons. The SMILES string of the molecule is CCCCNC(=O)CN(c1ccccc1)S(=O)(=O)c1ccc(OC)c(OC)c1.